The zero-order valence-corrected chi connectivity index (χ0v) is 9.87. The van der Waals surface area contributed by atoms with Crippen LogP contribution in [-0.2, 0) is 9.53 Å². The van der Waals surface area contributed by atoms with Gasteiger partial charge in [0.25, 0.3) is 0 Å². The van der Waals surface area contributed by atoms with E-state index in [0.29, 0.717) is 17.6 Å². The number of aromatic nitrogens is 2. The third-order valence-electron chi connectivity index (χ3n) is 2.77. The van der Waals surface area contributed by atoms with Crippen molar-refractivity contribution in [1.82, 2.24) is 9.36 Å². The Morgan fingerprint density at radius 2 is 2.50 bits per heavy atom. The second-order valence-electron chi connectivity index (χ2n) is 4.08. The first-order valence-corrected chi connectivity index (χ1v) is 5.68. The number of aryl methyl sites for hydroxylation is 1. The van der Waals surface area contributed by atoms with Gasteiger partial charge in [0.2, 0.25) is 5.13 Å². The number of hydrogen-bond acceptors (Lipinski definition) is 6. The summed E-state index contributed by atoms with van der Waals surface area (Å²) in [5, 5.41) is 12.9. The van der Waals surface area contributed by atoms with E-state index in [9.17, 15) is 9.90 Å². The van der Waals surface area contributed by atoms with Crippen molar-refractivity contribution < 1.29 is 14.6 Å². The van der Waals surface area contributed by atoms with Crippen LogP contribution in [0.15, 0.2) is 0 Å². The van der Waals surface area contributed by atoms with Gasteiger partial charge < -0.3 is 15.2 Å². The summed E-state index contributed by atoms with van der Waals surface area (Å²) < 4.78 is 9.26. The molecule has 0 saturated carbocycles. The molecule has 0 radical (unpaired) electrons. The molecule has 1 aromatic rings. The van der Waals surface area contributed by atoms with E-state index in [1.165, 1.54) is 11.5 Å². The summed E-state index contributed by atoms with van der Waals surface area (Å²) in [4.78, 5) is 15.3. The molecule has 88 valence electrons. The average molecular weight is 243 g/mol. The number of carboxylic acid groups (broad SMARTS) is 1. The van der Waals surface area contributed by atoms with Crippen LogP contribution in [0.3, 0.4) is 0 Å². The molecule has 1 aliphatic heterocycles. The first kappa shape index (κ1) is 11.3. The maximum atomic E-state index is 11.2. The lowest BCUT2D eigenvalue weighted by molar-refractivity contribution is -0.148. The molecule has 0 aliphatic carbocycles. The summed E-state index contributed by atoms with van der Waals surface area (Å²) >= 11 is 1.23. The number of ether oxygens (including phenoxy) is 1. The van der Waals surface area contributed by atoms with Crippen molar-refractivity contribution >= 4 is 22.6 Å². The molecular formula is C9H13N3O3S. The number of nitrogens with one attached hydrogen (secondary N) is 1. The first-order chi connectivity index (χ1) is 7.52. The lowest BCUT2D eigenvalue weighted by atomic mass is 9.85. The SMILES string of the molecule is Cc1nsc(NC2COCC2(C)C(=O)O)n1. The van der Waals surface area contributed by atoms with E-state index in [2.05, 4.69) is 14.7 Å². The molecule has 1 aromatic heterocycles. The Bertz CT molecular complexity index is 408. The molecule has 2 rings (SSSR count). The number of anilines is 1. The molecule has 2 heterocycles. The van der Waals surface area contributed by atoms with E-state index >= 15 is 0 Å². The quantitative estimate of drug-likeness (QED) is 0.815. The van der Waals surface area contributed by atoms with E-state index < -0.39 is 11.4 Å². The van der Waals surface area contributed by atoms with E-state index in [4.69, 9.17) is 4.74 Å². The van der Waals surface area contributed by atoms with Crippen LogP contribution in [0.1, 0.15) is 12.7 Å². The highest BCUT2D eigenvalue weighted by molar-refractivity contribution is 7.09. The third-order valence-corrected chi connectivity index (χ3v) is 3.51. The van der Waals surface area contributed by atoms with Crippen molar-refractivity contribution in [2.24, 2.45) is 5.41 Å². The molecule has 1 saturated heterocycles. The topological polar surface area (TPSA) is 84.3 Å². The molecule has 0 spiro atoms. The Morgan fingerprint density at radius 3 is 3.06 bits per heavy atom. The van der Waals surface area contributed by atoms with Crippen LogP contribution in [0.2, 0.25) is 0 Å². The number of aliphatic carboxylic acids is 1. The molecule has 16 heavy (non-hydrogen) atoms. The van der Waals surface area contributed by atoms with Gasteiger partial charge in [-0.15, -0.1) is 0 Å². The van der Waals surface area contributed by atoms with Crippen LogP contribution < -0.4 is 5.32 Å². The number of hydrogen-bond donors (Lipinski definition) is 2. The Morgan fingerprint density at radius 1 is 1.75 bits per heavy atom. The third kappa shape index (κ3) is 1.88. The molecule has 2 N–H and O–H groups in total. The normalized spacial score (nSPS) is 29.2. The highest BCUT2D eigenvalue weighted by atomic mass is 32.1. The number of rotatable bonds is 3. The minimum Gasteiger partial charge on any atom is -0.481 e. The predicted molar refractivity (Wildman–Crippen MR) is 58.6 cm³/mol. The summed E-state index contributed by atoms with van der Waals surface area (Å²) in [6.07, 6.45) is 0. The lowest BCUT2D eigenvalue weighted by Crippen LogP contribution is -2.43. The number of carbonyl (C=O) groups is 1. The van der Waals surface area contributed by atoms with Crippen LogP contribution in [0.4, 0.5) is 5.13 Å². The fraction of sp³-hybridized carbons (Fsp3) is 0.667. The van der Waals surface area contributed by atoms with Gasteiger partial charge >= 0.3 is 5.97 Å². The molecule has 0 amide bonds. The zero-order valence-electron chi connectivity index (χ0n) is 9.06. The molecule has 0 bridgehead atoms. The standard InChI is InChI=1S/C9H13N3O3S/c1-5-10-8(16-12-5)11-6-3-15-4-9(6,2)7(13)14/h6H,3-4H2,1-2H3,(H,13,14)(H,10,11,12). The smallest absolute Gasteiger partial charge is 0.313 e. The van der Waals surface area contributed by atoms with E-state index in [1.54, 1.807) is 13.8 Å². The van der Waals surface area contributed by atoms with Gasteiger partial charge in [-0.1, -0.05) is 0 Å². The second-order valence-corrected chi connectivity index (χ2v) is 4.83. The van der Waals surface area contributed by atoms with Crippen molar-refractivity contribution in [2.75, 3.05) is 18.5 Å². The van der Waals surface area contributed by atoms with Gasteiger partial charge in [-0.05, 0) is 13.8 Å². The molecule has 1 fully saturated rings. The van der Waals surface area contributed by atoms with Gasteiger partial charge in [0.05, 0.1) is 19.3 Å². The molecule has 7 heteroatoms. The summed E-state index contributed by atoms with van der Waals surface area (Å²) in [5.74, 6) is -0.174. The molecule has 2 atom stereocenters. The summed E-state index contributed by atoms with van der Waals surface area (Å²) in [5.41, 5.74) is -0.903. The van der Waals surface area contributed by atoms with Gasteiger partial charge in [0.15, 0.2) is 0 Å². The predicted octanol–water partition coefficient (Wildman–Crippen LogP) is 0.748. The van der Waals surface area contributed by atoms with Crippen molar-refractivity contribution in [3.8, 4) is 0 Å². The van der Waals surface area contributed by atoms with Gasteiger partial charge in [-0.3, -0.25) is 4.79 Å². The van der Waals surface area contributed by atoms with Crippen molar-refractivity contribution in [3.05, 3.63) is 5.82 Å². The average Bonchev–Trinajstić information content (AvgIpc) is 2.76. The van der Waals surface area contributed by atoms with Crippen LogP contribution in [0, 0.1) is 12.3 Å². The van der Waals surface area contributed by atoms with Gasteiger partial charge in [-0.25, -0.2) is 4.98 Å². The van der Waals surface area contributed by atoms with Crippen molar-refractivity contribution in [1.29, 1.82) is 0 Å². The van der Waals surface area contributed by atoms with Crippen molar-refractivity contribution in [3.63, 3.8) is 0 Å². The minimum atomic E-state index is -0.903. The highest BCUT2D eigenvalue weighted by Crippen LogP contribution is 2.31. The van der Waals surface area contributed by atoms with E-state index in [1.807, 2.05) is 0 Å². The number of carboxylic acids is 1. The fourth-order valence-electron chi connectivity index (χ4n) is 1.59. The van der Waals surface area contributed by atoms with E-state index in [0.717, 1.165) is 0 Å². The van der Waals surface area contributed by atoms with Gasteiger partial charge in [-0.2, -0.15) is 4.37 Å². The highest BCUT2D eigenvalue weighted by Gasteiger charge is 2.47. The first-order valence-electron chi connectivity index (χ1n) is 4.90. The van der Waals surface area contributed by atoms with Crippen LogP contribution >= 0.6 is 11.5 Å². The molecule has 1 aliphatic rings. The van der Waals surface area contributed by atoms with Gasteiger partial charge in [0.1, 0.15) is 11.2 Å². The number of nitrogens with zero attached hydrogens (tertiary/aromatic N) is 2. The maximum absolute atomic E-state index is 11.2. The van der Waals surface area contributed by atoms with Crippen LogP contribution in [0.25, 0.3) is 0 Å². The van der Waals surface area contributed by atoms with Crippen LogP contribution in [-0.4, -0.2) is 39.7 Å². The molecule has 6 nitrogen and oxygen atoms in total. The monoisotopic (exact) mass is 243 g/mol. The zero-order chi connectivity index (χ0) is 11.8. The van der Waals surface area contributed by atoms with Gasteiger partial charge in [0, 0.05) is 11.5 Å². The maximum Gasteiger partial charge on any atom is 0.313 e. The lowest BCUT2D eigenvalue weighted by Gasteiger charge is -2.24. The molecule has 0 aromatic carbocycles. The van der Waals surface area contributed by atoms with Crippen molar-refractivity contribution in [2.45, 2.75) is 19.9 Å². The summed E-state index contributed by atoms with van der Waals surface area (Å²) in [6, 6.07) is -0.266. The van der Waals surface area contributed by atoms with Crippen LogP contribution in [0.5, 0.6) is 0 Å². The Labute approximate surface area is 96.8 Å². The second kappa shape index (κ2) is 3.99. The summed E-state index contributed by atoms with van der Waals surface area (Å²) in [6.45, 7) is 4.07. The Kier molecular flexibility index (Phi) is 2.81. The Balaban J connectivity index is 2.12. The summed E-state index contributed by atoms with van der Waals surface area (Å²) in [7, 11) is 0. The van der Waals surface area contributed by atoms with E-state index in [-0.39, 0.29) is 12.6 Å². The molecular weight excluding hydrogens is 230 g/mol. The molecule has 2 unspecified atom stereocenters. The Hall–Kier alpha value is -1.21. The largest absolute Gasteiger partial charge is 0.481 e. The fourth-order valence-corrected chi connectivity index (χ4v) is 2.22. The minimum absolute atomic E-state index is 0.220.